The van der Waals surface area contributed by atoms with Crippen LogP contribution in [-0.4, -0.2) is 65.1 Å². The number of piperidine rings is 1. The van der Waals surface area contributed by atoms with Gasteiger partial charge in [-0.05, 0) is 31.2 Å². The number of β-amino-alcohol motifs (C(OH)–C–C–N with tert-alkyl or cyclic N) is 1. The normalized spacial score (nSPS) is 18.8. The lowest BCUT2D eigenvalue weighted by Gasteiger charge is -2.29. The highest BCUT2D eigenvalue weighted by Crippen LogP contribution is 2.30. The average molecular weight is 434 g/mol. The van der Waals surface area contributed by atoms with Gasteiger partial charge in [-0.1, -0.05) is 18.2 Å². The summed E-state index contributed by atoms with van der Waals surface area (Å²) in [6.45, 7) is 2.38. The van der Waals surface area contributed by atoms with Gasteiger partial charge in [0.25, 0.3) is 0 Å². The topological polar surface area (TPSA) is 90.1 Å². The van der Waals surface area contributed by atoms with Gasteiger partial charge in [-0.3, -0.25) is 4.40 Å². The number of para-hydroxylation sites is 1. The summed E-state index contributed by atoms with van der Waals surface area (Å²) in [5.74, 6) is 1.42. The molecule has 1 aliphatic rings. The van der Waals surface area contributed by atoms with Crippen LogP contribution in [0.25, 0.3) is 27.9 Å². The van der Waals surface area contributed by atoms with E-state index in [0.29, 0.717) is 25.5 Å². The van der Waals surface area contributed by atoms with Gasteiger partial charge in [0.05, 0.1) is 24.2 Å². The Kier molecular flexibility index (Phi) is 5.89. The van der Waals surface area contributed by atoms with E-state index >= 15 is 0 Å². The molecule has 0 bridgehead atoms. The number of aliphatic hydroxyl groups excluding tert-OH is 1. The highest BCUT2D eigenvalue weighted by atomic mass is 16.5. The van der Waals surface area contributed by atoms with Crippen molar-refractivity contribution in [1.29, 1.82) is 0 Å². The van der Waals surface area contributed by atoms with Crippen molar-refractivity contribution >= 4 is 16.6 Å². The quantitative estimate of drug-likeness (QED) is 0.432. The van der Waals surface area contributed by atoms with Gasteiger partial charge >= 0.3 is 0 Å². The van der Waals surface area contributed by atoms with Crippen LogP contribution < -0.4 is 14.8 Å². The van der Waals surface area contributed by atoms with Crippen molar-refractivity contribution in [3.05, 3.63) is 54.9 Å². The number of nitrogens with zero attached hydrogens (tertiary/aromatic N) is 3. The van der Waals surface area contributed by atoms with Crippen molar-refractivity contribution in [3.63, 3.8) is 0 Å². The molecular formula is C24H26N4O4. The molecule has 8 nitrogen and oxygen atoms in total. The van der Waals surface area contributed by atoms with Crippen LogP contribution in [0.5, 0.6) is 11.5 Å². The summed E-state index contributed by atoms with van der Waals surface area (Å²) in [6.07, 6.45) is 3.70. The number of benzene rings is 1. The molecule has 32 heavy (non-hydrogen) atoms. The Labute approximate surface area is 185 Å². The van der Waals surface area contributed by atoms with Gasteiger partial charge in [-0.2, -0.15) is 0 Å². The third-order valence-electron chi connectivity index (χ3n) is 5.65. The smallest absolute Gasteiger partial charge is 0.146 e. The van der Waals surface area contributed by atoms with Gasteiger partial charge in [-0.15, -0.1) is 0 Å². The van der Waals surface area contributed by atoms with Crippen molar-refractivity contribution in [2.45, 2.75) is 18.6 Å². The van der Waals surface area contributed by atoms with Crippen LogP contribution in [0.3, 0.4) is 0 Å². The van der Waals surface area contributed by atoms with Gasteiger partial charge in [-0.25, -0.2) is 9.97 Å². The minimum atomic E-state index is -0.540. The second-order valence-electron chi connectivity index (χ2n) is 7.82. The monoisotopic (exact) mass is 434 g/mol. The van der Waals surface area contributed by atoms with Crippen molar-refractivity contribution in [1.82, 2.24) is 19.7 Å². The molecule has 8 heteroatoms. The minimum absolute atomic E-state index is 0.250. The maximum atomic E-state index is 10.3. The maximum Gasteiger partial charge on any atom is 0.146 e. The van der Waals surface area contributed by atoms with Crippen LogP contribution in [0.15, 0.2) is 54.9 Å². The lowest BCUT2D eigenvalue weighted by molar-refractivity contribution is 0.0170. The van der Waals surface area contributed by atoms with E-state index in [2.05, 4.69) is 10.3 Å². The average Bonchev–Trinajstić information content (AvgIpc) is 3.24. The first-order valence-corrected chi connectivity index (χ1v) is 10.8. The zero-order chi connectivity index (χ0) is 21.9. The SMILES string of the molecule is COCCOc1ccn2c(-c3ccc4cccc(O[C@@H]5CCNC[C@@H]5O)c4n3)cnc2c1. The number of pyridine rings is 2. The van der Waals surface area contributed by atoms with Crippen molar-refractivity contribution < 1.29 is 19.3 Å². The third kappa shape index (κ3) is 4.12. The fraction of sp³-hybridized carbons (Fsp3) is 0.333. The first-order valence-electron chi connectivity index (χ1n) is 10.8. The molecule has 4 heterocycles. The molecule has 0 saturated carbocycles. The van der Waals surface area contributed by atoms with E-state index in [1.165, 1.54) is 0 Å². The van der Waals surface area contributed by atoms with Gasteiger partial charge in [0, 0.05) is 31.3 Å². The highest BCUT2D eigenvalue weighted by Gasteiger charge is 2.25. The zero-order valence-corrected chi connectivity index (χ0v) is 17.9. The number of rotatable bonds is 7. The van der Waals surface area contributed by atoms with Crippen LogP contribution in [-0.2, 0) is 4.74 Å². The van der Waals surface area contributed by atoms with E-state index in [4.69, 9.17) is 19.2 Å². The van der Waals surface area contributed by atoms with E-state index in [0.717, 1.165) is 46.7 Å². The molecule has 0 spiro atoms. The molecule has 0 amide bonds. The molecule has 1 aliphatic heterocycles. The number of aliphatic hydroxyl groups is 1. The summed E-state index contributed by atoms with van der Waals surface area (Å²) < 4.78 is 18.9. The Hall–Kier alpha value is -3.20. The van der Waals surface area contributed by atoms with Gasteiger partial charge in [0.1, 0.15) is 41.5 Å². The van der Waals surface area contributed by atoms with Crippen LogP contribution in [0, 0.1) is 0 Å². The van der Waals surface area contributed by atoms with Crippen LogP contribution in [0.4, 0.5) is 0 Å². The predicted molar refractivity (Wildman–Crippen MR) is 121 cm³/mol. The minimum Gasteiger partial charge on any atom is -0.491 e. The first-order chi connectivity index (χ1) is 15.7. The van der Waals surface area contributed by atoms with E-state index in [1.54, 1.807) is 7.11 Å². The number of hydrogen-bond acceptors (Lipinski definition) is 7. The predicted octanol–water partition coefficient (Wildman–Crippen LogP) is 2.68. The van der Waals surface area contributed by atoms with Gasteiger partial charge in [0.2, 0.25) is 0 Å². The maximum absolute atomic E-state index is 10.3. The molecule has 3 aromatic heterocycles. The highest BCUT2D eigenvalue weighted by molar-refractivity contribution is 5.86. The fourth-order valence-electron chi connectivity index (χ4n) is 3.96. The molecule has 0 radical (unpaired) electrons. The van der Waals surface area contributed by atoms with Gasteiger partial charge in [0.15, 0.2) is 0 Å². The number of aromatic nitrogens is 3. The van der Waals surface area contributed by atoms with E-state index in [-0.39, 0.29) is 6.10 Å². The Balaban J connectivity index is 1.47. The van der Waals surface area contributed by atoms with E-state index < -0.39 is 6.10 Å². The molecule has 0 aliphatic carbocycles. The summed E-state index contributed by atoms with van der Waals surface area (Å²) in [4.78, 5) is 9.44. The number of imidazole rings is 1. The number of fused-ring (bicyclic) bond motifs is 2. The molecule has 166 valence electrons. The second kappa shape index (κ2) is 9.12. The Bertz CT molecular complexity index is 1230. The lowest BCUT2D eigenvalue weighted by atomic mass is 10.1. The van der Waals surface area contributed by atoms with Crippen LogP contribution in [0.2, 0.25) is 0 Å². The second-order valence-corrected chi connectivity index (χ2v) is 7.82. The molecule has 4 aromatic rings. The van der Waals surface area contributed by atoms with Crippen molar-refractivity contribution in [2.24, 2.45) is 0 Å². The summed E-state index contributed by atoms with van der Waals surface area (Å²) in [5.41, 5.74) is 3.21. The molecule has 0 unspecified atom stereocenters. The van der Waals surface area contributed by atoms with Gasteiger partial charge < -0.3 is 24.6 Å². The van der Waals surface area contributed by atoms with Crippen LogP contribution >= 0.6 is 0 Å². The summed E-state index contributed by atoms with van der Waals surface area (Å²) in [5, 5.41) is 14.4. The summed E-state index contributed by atoms with van der Waals surface area (Å²) in [6, 6.07) is 13.7. The molecule has 1 saturated heterocycles. The third-order valence-corrected chi connectivity index (χ3v) is 5.65. The Morgan fingerprint density at radius 2 is 2.12 bits per heavy atom. The van der Waals surface area contributed by atoms with E-state index in [9.17, 15) is 5.11 Å². The Morgan fingerprint density at radius 3 is 3.00 bits per heavy atom. The van der Waals surface area contributed by atoms with Crippen molar-refractivity contribution in [2.75, 3.05) is 33.4 Å². The molecule has 5 rings (SSSR count). The number of hydrogen-bond donors (Lipinski definition) is 2. The number of nitrogens with one attached hydrogen (secondary N) is 1. The van der Waals surface area contributed by atoms with Crippen molar-refractivity contribution in [3.8, 4) is 22.9 Å². The number of ether oxygens (including phenoxy) is 3. The summed E-state index contributed by atoms with van der Waals surface area (Å²) in [7, 11) is 1.65. The standard InChI is InChI=1S/C24H26N4O4/c1-30-11-12-31-17-8-10-28-19(14-26-23(28)13-17)18-6-5-16-3-2-4-22(24(16)27-18)32-21-7-9-25-15-20(21)29/h2-6,8,10,13-14,20-21,25,29H,7,9,11-12,15H2,1H3/t20-,21+/m0/s1. The Morgan fingerprint density at radius 1 is 1.19 bits per heavy atom. The van der Waals surface area contributed by atoms with Crippen LogP contribution in [0.1, 0.15) is 6.42 Å². The first kappa shape index (κ1) is 20.7. The molecule has 1 fully saturated rings. The number of methoxy groups -OCH3 is 1. The zero-order valence-electron chi connectivity index (χ0n) is 17.9. The molecule has 2 atom stereocenters. The fourth-order valence-corrected chi connectivity index (χ4v) is 3.96. The molecule has 1 aromatic carbocycles. The lowest BCUT2D eigenvalue weighted by Crippen LogP contribution is -2.46. The summed E-state index contributed by atoms with van der Waals surface area (Å²) >= 11 is 0. The largest absolute Gasteiger partial charge is 0.491 e. The molecule has 2 N–H and O–H groups in total. The molecular weight excluding hydrogens is 408 g/mol. The van der Waals surface area contributed by atoms with E-state index in [1.807, 2.05) is 59.3 Å².